The molecule has 0 aliphatic carbocycles. The van der Waals surface area contributed by atoms with Gasteiger partial charge in [0, 0.05) is 13.1 Å². The van der Waals surface area contributed by atoms with Gasteiger partial charge in [-0.15, -0.1) is 0 Å². The minimum atomic E-state index is -0.404. The highest BCUT2D eigenvalue weighted by atomic mass is 16.5. The summed E-state index contributed by atoms with van der Waals surface area (Å²) in [7, 11) is 1.86. The van der Waals surface area contributed by atoms with Gasteiger partial charge >= 0.3 is 0 Å². The van der Waals surface area contributed by atoms with Crippen LogP contribution in [0.3, 0.4) is 0 Å². The lowest BCUT2D eigenvalue weighted by Gasteiger charge is -2.19. The molecule has 2 amide bonds. The van der Waals surface area contributed by atoms with Crippen LogP contribution >= 0.6 is 0 Å². The highest BCUT2D eigenvalue weighted by Gasteiger charge is 2.22. The summed E-state index contributed by atoms with van der Waals surface area (Å²) in [6.45, 7) is 2.10. The molecule has 6 nitrogen and oxygen atoms in total. The lowest BCUT2D eigenvalue weighted by Crippen LogP contribution is -2.48. The molecule has 2 rings (SSSR count). The van der Waals surface area contributed by atoms with Crippen molar-refractivity contribution in [3.05, 3.63) is 30.3 Å². The summed E-state index contributed by atoms with van der Waals surface area (Å²) in [6, 6.07) is 9.18. The van der Waals surface area contributed by atoms with Crippen LogP contribution in [0.5, 0.6) is 5.75 Å². The fourth-order valence-corrected chi connectivity index (χ4v) is 2.48. The first-order chi connectivity index (χ1) is 11.1. The van der Waals surface area contributed by atoms with Crippen molar-refractivity contribution in [3.8, 4) is 5.75 Å². The first-order valence-electron chi connectivity index (χ1n) is 8.08. The molecule has 1 aliphatic heterocycles. The summed E-state index contributed by atoms with van der Waals surface area (Å²) in [4.78, 5) is 25.7. The quantitative estimate of drug-likeness (QED) is 0.779. The second-order valence-electron chi connectivity index (χ2n) is 5.81. The van der Waals surface area contributed by atoms with E-state index < -0.39 is 6.04 Å². The van der Waals surface area contributed by atoms with Crippen LogP contribution in [-0.2, 0) is 9.59 Å². The molecule has 1 heterocycles. The Morgan fingerprint density at radius 2 is 2.13 bits per heavy atom. The third-order valence-electron chi connectivity index (χ3n) is 3.77. The van der Waals surface area contributed by atoms with E-state index in [1.54, 1.807) is 0 Å². The van der Waals surface area contributed by atoms with Crippen LogP contribution in [0.15, 0.2) is 30.3 Å². The molecule has 0 bridgehead atoms. The molecule has 0 radical (unpaired) electrons. The minimum Gasteiger partial charge on any atom is -0.492 e. The van der Waals surface area contributed by atoms with E-state index >= 15 is 0 Å². The van der Waals surface area contributed by atoms with Gasteiger partial charge in [-0.05, 0) is 38.4 Å². The van der Waals surface area contributed by atoms with Gasteiger partial charge in [0.25, 0.3) is 0 Å². The first-order valence-corrected chi connectivity index (χ1v) is 8.08. The van der Waals surface area contributed by atoms with Crippen LogP contribution in [0.4, 0.5) is 0 Å². The van der Waals surface area contributed by atoms with Crippen molar-refractivity contribution < 1.29 is 14.3 Å². The van der Waals surface area contributed by atoms with E-state index in [-0.39, 0.29) is 18.4 Å². The maximum absolute atomic E-state index is 12.0. The van der Waals surface area contributed by atoms with Gasteiger partial charge in [-0.1, -0.05) is 18.2 Å². The molecule has 0 unspecified atom stereocenters. The van der Waals surface area contributed by atoms with E-state index in [1.807, 2.05) is 42.3 Å². The van der Waals surface area contributed by atoms with Gasteiger partial charge in [-0.2, -0.15) is 0 Å². The van der Waals surface area contributed by atoms with E-state index in [9.17, 15) is 9.59 Å². The maximum Gasteiger partial charge on any atom is 0.242 e. The number of likely N-dealkylation sites (N-methyl/N-ethyl adjacent to an activating group) is 1. The number of benzene rings is 1. The number of hydrogen-bond acceptors (Lipinski definition) is 4. The van der Waals surface area contributed by atoms with Gasteiger partial charge < -0.3 is 15.4 Å². The van der Waals surface area contributed by atoms with Crippen LogP contribution < -0.4 is 15.4 Å². The molecule has 6 heteroatoms. The Morgan fingerprint density at radius 1 is 1.35 bits per heavy atom. The number of para-hydroxylation sites is 1. The SMILES string of the molecule is CN(CCOc1ccccc1)CC(=O)N[C@H]1CCCCNC1=O. The van der Waals surface area contributed by atoms with Crippen LogP contribution in [-0.4, -0.2) is 56.0 Å². The molecule has 126 valence electrons. The smallest absolute Gasteiger partial charge is 0.242 e. The zero-order valence-corrected chi connectivity index (χ0v) is 13.6. The van der Waals surface area contributed by atoms with Gasteiger partial charge in [0.05, 0.1) is 6.54 Å². The summed E-state index contributed by atoms with van der Waals surface area (Å²) in [5, 5.41) is 5.63. The second kappa shape index (κ2) is 9.15. The number of carbonyl (C=O) groups excluding carboxylic acids is 2. The molecule has 1 aromatic rings. The molecular weight excluding hydrogens is 294 g/mol. The molecule has 0 spiro atoms. The van der Waals surface area contributed by atoms with Crippen molar-refractivity contribution >= 4 is 11.8 Å². The van der Waals surface area contributed by atoms with E-state index in [0.29, 0.717) is 26.1 Å². The lowest BCUT2D eigenvalue weighted by atomic mass is 10.1. The predicted octanol–water partition coefficient (Wildman–Crippen LogP) is 0.782. The number of rotatable bonds is 7. The third-order valence-corrected chi connectivity index (χ3v) is 3.77. The maximum atomic E-state index is 12.0. The Balaban J connectivity index is 1.66. The number of ether oxygens (including phenoxy) is 1. The van der Waals surface area contributed by atoms with Crippen LogP contribution in [0.1, 0.15) is 19.3 Å². The molecule has 1 atom stereocenters. The minimum absolute atomic E-state index is 0.0779. The Kier molecular flexibility index (Phi) is 6.87. The van der Waals surface area contributed by atoms with E-state index in [0.717, 1.165) is 18.6 Å². The lowest BCUT2D eigenvalue weighted by molar-refractivity contribution is -0.129. The average Bonchev–Trinajstić information content (AvgIpc) is 2.73. The second-order valence-corrected chi connectivity index (χ2v) is 5.81. The molecule has 1 saturated heterocycles. The summed E-state index contributed by atoms with van der Waals surface area (Å²) >= 11 is 0. The fourth-order valence-electron chi connectivity index (χ4n) is 2.48. The van der Waals surface area contributed by atoms with Crippen LogP contribution in [0.25, 0.3) is 0 Å². The first kappa shape index (κ1) is 17.3. The molecule has 2 N–H and O–H groups in total. The van der Waals surface area contributed by atoms with Crippen molar-refractivity contribution in [2.75, 3.05) is 33.3 Å². The van der Waals surface area contributed by atoms with Gasteiger partial charge in [-0.3, -0.25) is 14.5 Å². The standard InChI is InChI=1S/C17H25N3O3/c1-20(11-12-23-14-7-3-2-4-8-14)13-16(21)19-15-9-5-6-10-18-17(15)22/h2-4,7-8,15H,5-6,9-13H2,1H3,(H,18,22)(H,19,21)/t15-/m0/s1. The molecular formula is C17H25N3O3. The number of nitrogens with zero attached hydrogens (tertiary/aromatic N) is 1. The van der Waals surface area contributed by atoms with E-state index in [4.69, 9.17) is 4.74 Å². The van der Waals surface area contributed by atoms with Crippen molar-refractivity contribution in [3.63, 3.8) is 0 Å². The Morgan fingerprint density at radius 3 is 2.91 bits per heavy atom. The highest BCUT2D eigenvalue weighted by molar-refractivity contribution is 5.88. The van der Waals surface area contributed by atoms with E-state index in [1.165, 1.54) is 0 Å². The zero-order chi connectivity index (χ0) is 16.5. The molecule has 0 aromatic heterocycles. The number of carbonyl (C=O) groups is 2. The fraction of sp³-hybridized carbons (Fsp3) is 0.529. The van der Waals surface area contributed by atoms with Gasteiger partial charge in [-0.25, -0.2) is 0 Å². The van der Waals surface area contributed by atoms with Crippen LogP contribution in [0.2, 0.25) is 0 Å². The van der Waals surface area contributed by atoms with Gasteiger partial charge in [0.15, 0.2) is 0 Å². The monoisotopic (exact) mass is 319 g/mol. The molecule has 1 fully saturated rings. The normalized spacial score (nSPS) is 18.2. The third kappa shape index (κ3) is 6.28. The summed E-state index contributed by atoms with van der Waals surface area (Å²) in [6.07, 6.45) is 2.62. The van der Waals surface area contributed by atoms with Crippen molar-refractivity contribution in [1.29, 1.82) is 0 Å². The summed E-state index contributed by atoms with van der Waals surface area (Å²) in [5.74, 6) is 0.612. The van der Waals surface area contributed by atoms with Crippen molar-refractivity contribution in [2.24, 2.45) is 0 Å². The highest BCUT2D eigenvalue weighted by Crippen LogP contribution is 2.08. The van der Waals surface area contributed by atoms with Crippen molar-refractivity contribution in [2.45, 2.75) is 25.3 Å². The molecule has 23 heavy (non-hydrogen) atoms. The number of nitrogens with one attached hydrogen (secondary N) is 2. The van der Waals surface area contributed by atoms with Gasteiger partial charge in [0.1, 0.15) is 18.4 Å². The average molecular weight is 319 g/mol. The Bertz CT molecular complexity index is 507. The van der Waals surface area contributed by atoms with Gasteiger partial charge in [0.2, 0.25) is 11.8 Å². The Hall–Kier alpha value is -2.08. The number of hydrogen-bond donors (Lipinski definition) is 2. The molecule has 1 aliphatic rings. The molecule has 1 aromatic carbocycles. The largest absolute Gasteiger partial charge is 0.492 e. The predicted molar refractivity (Wildman–Crippen MR) is 88.2 cm³/mol. The zero-order valence-electron chi connectivity index (χ0n) is 13.6. The number of amides is 2. The topological polar surface area (TPSA) is 70.7 Å². The van der Waals surface area contributed by atoms with Crippen molar-refractivity contribution in [1.82, 2.24) is 15.5 Å². The summed E-state index contributed by atoms with van der Waals surface area (Å²) < 4.78 is 5.60. The summed E-state index contributed by atoms with van der Waals surface area (Å²) in [5.41, 5.74) is 0. The molecule has 0 saturated carbocycles. The van der Waals surface area contributed by atoms with Crippen LogP contribution in [0, 0.1) is 0 Å². The Labute approximate surface area is 137 Å². The van der Waals surface area contributed by atoms with E-state index in [2.05, 4.69) is 10.6 Å².